The van der Waals surface area contributed by atoms with Crippen molar-refractivity contribution in [2.24, 2.45) is 5.92 Å². The van der Waals surface area contributed by atoms with Crippen LogP contribution in [-0.4, -0.2) is 71.9 Å². The minimum Gasteiger partial charge on any atom is -0.395 e. The summed E-state index contributed by atoms with van der Waals surface area (Å²) in [5.74, 6) is 0.823. The number of carbonyl (C=O) groups is 1. The van der Waals surface area contributed by atoms with E-state index in [2.05, 4.69) is 6.92 Å². The molecule has 0 aromatic rings. The van der Waals surface area contributed by atoms with E-state index in [0.29, 0.717) is 25.6 Å². The predicted octanol–water partition coefficient (Wildman–Crippen LogP) is -0.468. The maximum absolute atomic E-state index is 12.0. The topological polar surface area (TPSA) is 64.0 Å². The molecule has 0 unspecified atom stereocenters. The summed E-state index contributed by atoms with van der Waals surface area (Å²) in [6.07, 6.45) is 2.15. The number of amides is 1. The normalized spacial score (nSPS) is 17.8. The van der Waals surface area contributed by atoms with E-state index in [0.717, 1.165) is 25.9 Å². The van der Waals surface area contributed by atoms with Crippen molar-refractivity contribution in [3.05, 3.63) is 0 Å². The Kier molecular flexibility index (Phi) is 6.47. The van der Waals surface area contributed by atoms with Gasteiger partial charge in [0.05, 0.1) is 19.8 Å². The number of nitrogens with zero attached hydrogens (tertiary/aromatic N) is 2. The molecule has 100 valence electrons. The van der Waals surface area contributed by atoms with E-state index in [4.69, 9.17) is 10.2 Å². The number of piperidine rings is 1. The number of hydrogen-bond donors (Lipinski definition) is 2. The molecule has 1 aliphatic rings. The van der Waals surface area contributed by atoms with Crippen LogP contribution in [0.3, 0.4) is 0 Å². The third-order valence-corrected chi connectivity index (χ3v) is 3.33. The van der Waals surface area contributed by atoms with Crippen molar-refractivity contribution in [3.8, 4) is 0 Å². The molecule has 0 aliphatic carbocycles. The molecule has 2 N–H and O–H groups in total. The second kappa shape index (κ2) is 7.63. The number of rotatable bonds is 6. The van der Waals surface area contributed by atoms with Gasteiger partial charge in [-0.05, 0) is 18.8 Å². The Hall–Kier alpha value is -0.650. The van der Waals surface area contributed by atoms with Crippen LogP contribution in [0.15, 0.2) is 0 Å². The Labute approximate surface area is 103 Å². The van der Waals surface area contributed by atoms with Gasteiger partial charge in [-0.3, -0.25) is 9.69 Å². The Morgan fingerprint density at radius 1 is 1.24 bits per heavy atom. The van der Waals surface area contributed by atoms with Crippen molar-refractivity contribution in [1.29, 1.82) is 0 Å². The lowest BCUT2D eigenvalue weighted by molar-refractivity contribution is -0.133. The third-order valence-electron chi connectivity index (χ3n) is 3.33. The molecule has 1 fully saturated rings. The van der Waals surface area contributed by atoms with Gasteiger partial charge in [0.2, 0.25) is 5.91 Å². The molecule has 5 nitrogen and oxygen atoms in total. The number of aliphatic hydroxyl groups excluding tert-OH is 2. The van der Waals surface area contributed by atoms with E-state index in [-0.39, 0.29) is 19.1 Å². The highest BCUT2D eigenvalue weighted by Gasteiger charge is 2.21. The Morgan fingerprint density at radius 3 is 2.24 bits per heavy atom. The van der Waals surface area contributed by atoms with Crippen LogP contribution < -0.4 is 0 Å². The minimum absolute atomic E-state index is 0.0182. The van der Waals surface area contributed by atoms with Crippen molar-refractivity contribution < 1.29 is 15.0 Å². The molecule has 1 heterocycles. The first-order valence-electron chi connectivity index (χ1n) is 6.39. The second-order valence-corrected chi connectivity index (χ2v) is 4.79. The SMILES string of the molecule is CC1CCN(C(=O)CN(CCO)CCO)CC1. The lowest BCUT2D eigenvalue weighted by Crippen LogP contribution is -2.45. The lowest BCUT2D eigenvalue weighted by atomic mass is 9.99. The summed E-state index contributed by atoms with van der Waals surface area (Å²) in [4.78, 5) is 15.7. The summed E-state index contributed by atoms with van der Waals surface area (Å²) in [5.41, 5.74) is 0. The highest BCUT2D eigenvalue weighted by atomic mass is 16.3. The smallest absolute Gasteiger partial charge is 0.236 e. The van der Waals surface area contributed by atoms with Crippen molar-refractivity contribution in [3.63, 3.8) is 0 Å². The number of hydrogen-bond acceptors (Lipinski definition) is 4. The molecule has 1 saturated heterocycles. The van der Waals surface area contributed by atoms with E-state index >= 15 is 0 Å². The zero-order chi connectivity index (χ0) is 12.7. The first-order valence-corrected chi connectivity index (χ1v) is 6.39. The zero-order valence-electron chi connectivity index (χ0n) is 10.6. The maximum atomic E-state index is 12.0. The quantitative estimate of drug-likeness (QED) is 0.663. The van der Waals surface area contributed by atoms with Crippen LogP contribution in [-0.2, 0) is 4.79 Å². The highest BCUT2D eigenvalue weighted by molar-refractivity contribution is 5.78. The highest BCUT2D eigenvalue weighted by Crippen LogP contribution is 2.16. The average Bonchev–Trinajstić information content (AvgIpc) is 2.30. The molecule has 0 aromatic carbocycles. The van der Waals surface area contributed by atoms with Gasteiger partial charge in [-0.1, -0.05) is 6.92 Å². The van der Waals surface area contributed by atoms with E-state index in [9.17, 15) is 4.79 Å². The standard InChI is InChI=1S/C12H24N2O3/c1-11-2-4-14(5-3-11)12(17)10-13(6-8-15)7-9-16/h11,15-16H,2-10H2,1H3. The summed E-state index contributed by atoms with van der Waals surface area (Å²) in [6.45, 7) is 5.11. The fraction of sp³-hybridized carbons (Fsp3) is 0.917. The van der Waals surface area contributed by atoms with E-state index in [1.165, 1.54) is 0 Å². The van der Waals surface area contributed by atoms with Crippen LogP contribution in [0.2, 0.25) is 0 Å². The molecule has 0 atom stereocenters. The van der Waals surface area contributed by atoms with Crippen molar-refractivity contribution in [2.45, 2.75) is 19.8 Å². The molecule has 0 aromatic heterocycles. The van der Waals surface area contributed by atoms with E-state index < -0.39 is 0 Å². The third kappa shape index (κ3) is 5.02. The molecule has 1 amide bonds. The van der Waals surface area contributed by atoms with Crippen LogP contribution in [0.4, 0.5) is 0 Å². The molecule has 17 heavy (non-hydrogen) atoms. The van der Waals surface area contributed by atoms with Crippen molar-refractivity contribution >= 4 is 5.91 Å². The maximum Gasteiger partial charge on any atom is 0.236 e. The fourth-order valence-corrected chi connectivity index (χ4v) is 2.10. The molecule has 1 rings (SSSR count). The first-order chi connectivity index (χ1) is 8.17. The predicted molar refractivity (Wildman–Crippen MR) is 65.6 cm³/mol. The van der Waals surface area contributed by atoms with Crippen molar-refractivity contribution in [2.75, 3.05) is 45.9 Å². The monoisotopic (exact) mass is 244 g/mol. The van der Waals surface area contributed by atoms with Gasteiger partial charge in [0.15, 0.2) is 0 Å². The van der Waals surface area contributed by atoms with Crippen LogP contribution in [0.5, 0.6) is 0 Å². The van der Waals surface area contributed by atoms with Crippen LogP contribution in [0.25, 0.3) is 0 Å². The van der Waals surface area contributed by atoms with Gasteiger partial charge in [0, 0.05) is 26.2 Å². The summed E-state index contributed by atoms with van der Waals surface area (Å²) in [6, 6.07) is 0. The number of aliphatic hydroxyl groups is 2. The van der Waals surface area contributed by atoms with Gasteiger partial charge in [0.1, 0.15) is 0 Å². The number of likely N-dealkylation sites (tertiary alicyclic amines) is 1. The number of carbonyl (C=O) groups excluding carboxylic acids is 1. The molecule has 1 aliphatic heterocycles. The van der Waals surface area contributed by atoms with Gasteiger partial charge >= 0.3 is 0 Å². The Balaban J connectivity index is 2.35. The van der Waals surface area contributed by atoms with Gasteiger partial charge in [-0.15, -0.1) is 0 Å². The molecular weight excluding hydrogens is 220 g/mol. The first kappa shape index (κ1) is 14.4. The lowest BCUT2D eigenvalue weighted by Gasteiger charge is -2.32. The van der Waals surface area contributed by atoms with Crippen molar-refractivity contribution in [1.82, 2.24) is 9.80 Å². The van der Waals surface area contributed by atoms with Crippen LogP contribution >= 0.6 is 0 Å². The Morgan fingerprint density at radius 2 is 1.76 bits per heavy atom. The molecule has 5 heteroatoms. The largest absolute Gasteiger partial charge is 0.395 e. The van der Waals surface area contributed by atoms with Gasteiger partial charge in [0.25, 0.3) is 0 Å². The summed E-state index contributed by atoms with van der Waals surface area (Å²) < 4.78 is 0. The Bertz CT molecular complexity index is 222. The van der Waals surface area contributed by atoms with E-state index in [1.54, 1.807) is 4.90 Å². The van der Waals surface area contributed by atoms with Crippen LogP contribution in [0, 0.1) is 5.92 Å². The van der Waals surface area contributed by atoms with Gasteiger partial charge < -0.3 is 15.1 Å². The van der Waals surface area contributed by atoms with Gasteiger partial charge in [-0.2, -0.15) is 0 Å². The minimum atomic E-state index is 0.0182. The van der Waals surface area contributed by atoms with Crippen LogP contribution in [0.1, 0.15) is 19.8 Å². The summed E-state index contributed by atoms with van der Waals surface area (Å²) >= 11 is 0. The van der Waals surface area contributed by atoms with E-state index in [1.807, 2.05) is 4.90 Å². The summed E-state index contributed by atoms with van der Waals surface area (Å²) in [7, 11) is 0. The second-order valence-electron chi connectivity index (χ2n) is 4.79. The molecule has 0 spiro atoms. The molecule has 0 radical (unpaired) electrons. The average molecular weight is 244 g/mol. The summed E-state index contributed by atoms with van der Waals surface area (Å²) in [5, 5.41) is 17.7. The molecular formula is C12H24N2O3. The fourth-order valence-electron chi connectivity index (χ4n) is 2.10. The molecule has 0 saturated carbocycles. The zero-order valence-corrected chi connectivity index (χ0v) is 10.6. The van der Waals surface area contributed by atoms with Gasteiger partial charge in [-0.25, -0.2) is 0 Å². The molecule has 0 bridgehead atoms.